The maximum absolute atomic E-state index is 12.2. The van der Waals surface area contributed by atoms with Gasteiger partial charge in [-0.25, -0.2) is 0 Å². The predicted molar refractivity (Wildman–Crippen MR) is 111 cm³/mol. The van der Waals surface area contributed by atoms with E-state index in [1.807, 2.05) is 0 Å². The first kappa shape index (κ1) is 28.0. The Balaban J connectivity index is 2.58. The molecule has 4 N–H and O–H groups in total. The van der Waals surface area contributed by atoms with Gasteiger partial charge in [0.2, 0.25) is 34.1 Å². The highest BCUT2D eigenvalue weighted by Gasteiger charge is 2.52. The Hall–Kier alpha value is -2.26. The van der Waals surface area contributed by atoms with Gasteiger partial charge in [0.25, 0.3) is 20.2 Å². The Kier molecular flexibility index (Phi) is 8.36. The van der Waals surface area contributed by atoms with Crippen LogP contribution in [0.2, 0.25) is 0 Å². The van der Waals surface area contributed by atoms with E-state index in [1.54, 1.807) is 0 Å². The van der Waals surface area contributed by atoms with Crippen LogP contribution < -0.4 is 0 Å². The zero-order valence-electron chi connectivity index (χ0n) is 16.5. The summed E-state index contributed by atoms with van der Waals surface area (Å²) in [6, 6.07) is 0. The molecule has 20 heteroatoms. The number of hydrogen-bond acceptors (Lipinski definition) is 12. The van der Waals surface area contributed by atoms with E-state index >= 15 is 0 Å². The predicted octanol–water partition coefficient (Wildman–Crippen LogP) is -2.00. The molecule has 0 aromatic carbocycles. The summed E-state index contributed by atoms with van der Waals surface area (Å²) in [5, 5.41) is 8.41. The summed E-state index contributed by atoms with van der Waals surface area (Å²) >= 11 is 0. The normalized spacial score (nSPS) is 21.0. The van der Waals surface area contributed by atoms with Gasteiger partial charge in [-0.2, -0.15) is 16.8 Å². The first-order valence-electron chi connectivity index (χ1n) is 8.88. The third kappa shape index (κ3) is 5.86. The summed E-state index contributed by atoms with van der Waals surface area (Å²) in [6.07, 6.45) is -1.80. The van der Waals surface area contributed by atoms with Crippen LogP contribution in [0.5, 0.6) is 0 Å². The number of carbonyl (C=O) groups excluding carboxylic acids is 4. The molecule has 4 atom stereocenters. The summed E-state index contributed by atoms with van der Waals surface area (Å²) in [5.41, 5.74) is 0. The maximum atomic E-state index is 12.2. The van der Waals surface area contributed by atoms with Gasteiger partial charge in [0.15, 0.2) is 0 Å². The Morgan fingerprint density at radius 1 is 0.647 bits per heavy atom. The Morgan fingerprint density at radius 3 is 1.06 bits per heavy atom. The van der Waals surface area contributed by atoms with E-state index in [0.717, 1.165) is 0 Å². The van der Waals surface area contributed by atoms with Crippen molar-refractivity contribution in [3.05, 3.63) is 0 Å². The molecule has 0 aromatic rings. The molecular formula is C14H16N2O14S4. The Bertz CT molecular complexity index is 1030. The van der Waals surface area contributed by atoms with Crippen molar-refractivity contribution in [2.24, 2.45) is 0 Å². The van der Waals surface area contributed by atoms with Crippen molar-refractivity contribution >= 4 is 77.4 Å². The molecule has 2 aliphatic heterocycles. The molecule has 2 fully saturated rings. The lowest BCUT2D eigenvalue weighted by atomic mass is 10.3. The molecule has 34 heavy (non-hydrogen) atoms. The van der Waals surface area contributed by atoms with Crippen LogP contribution in [-0.2, 0) is 49.0 Å². The van der Waals surface area contributed by atoms with E-state index in [2.05, 4.69) is 0 Å². The van der Waals surface area contributed by atoms with Gasteiger partial charge >= 0.3 is 11.9 Å². The number of likely N-dealkylation sites (tertiary alicyclic amines) is 2. The third-order valence-corrected chi connectivity index (χ3v) is 10.1. The van der Waals surface area contributed by atoms with E-state index in [0.29, 0.717) is 0 Å². The molecule has 0 saturated carbocycles. The average molecular weight is 565 g/mol. The molecule has 0 bridgehead atoms. The van der Waals surface area contributed by atoms with Crippen molar-refractivity contribution in [2.45, 2.75) is 46.9 Å². The maximum Gasteiger partial charge on any atom is 0.327 e. The van der Waals surface area contributed by atoms with Gasteiger partial charge in [-0.05, 0) is 0 Å². The van der Waals surface area contributed by atoms with Crippen molar-refractivity contribution in [3.63, 3.8) is 0 Å². The van der Waals surface area contributed by atoms with E-state index in [-0.39, 0.29) is 31.4 Å². The smallest absolute Gasteiger partial charge is 0.327 e. The molecule has 2 aliphatic rings. The molecule has 4 amide bonds. The molecule has 0 aliphatic carbocycles. The number of carbonyl (C=O) groups is 6. The molecule has 4 unspecified atom stereocenters. The molecule has 0 aromatic heterocycles. The van der Waals surface area contributed by atoms with Crippen LogP contribution >= 0.6 is 21.6 Å². The summed E-state index contributed by atoms with van der Waals surface area (Å²) in [6.45, 7) is 0. The van der Waals surface area contributed by atoms with E-state index in [9.17, 15) is 64.9 Å². The highest BCUT2D eigenvalue weighted by molar-refractivity contribution is 8.77. The number of rotatable bonds is 11. The Morgan fingerprint density at radius 2 is 0.882 bits per heavy atom. The second kappa shape index (κ2) is 10.2. The number of aliphatic carboxylic acids is 2. The number of carboxylic acids is 2. The monoisotopic (exact) mass is 564 g/mol. The SMILES string of the molecule is O=C(O)C(C(SSC(C(C(=O)O)S(=O)(=O)O)N1C(=O)CCC1=O)N1C(=O)CCC1=O)S(=O)(=O)O. The quantitative estimate of drug-likeness (QED) is 0.120. The van der Waals surface area contributed by atoms with Crippen LogP contribution in [0.15, 0.2) is 0 Å². The van der Waals surface area contributed by atoms with Crippen LogP contribution in [0.1, 0.15) is 25.7 Å². The van der Waals surface area contributed by atoms with Gasteiger partial charge in [0, 0.05) is 25.7 Å². The van der Waals surface area contributed by atoms with Gasteiger partial charge in [0.05, 0.1) is 0 Å². The molecular weight excluding hydrogens is 548 g/mol. The highest BCUT2D eigenvalue weighted by atomic mass is 33.1. The van der Waals surface area contributed by atoms with Gasteiger partial charge in [-0.15, -0.1) is 0 Å². The molecule has 2 saturated heterocycles. The minimum Gasteiger partial charge on any atom is -0.480 e. The Labute approximate surface area is 198 Å². The fourth-order valence-electron chi connectivity index (χ4n) is 3.12. The van der Waals surface area contributed by atoms with Crippen LogP contribution in [0.25, 0.3) is 0 Å². The lowest BCUT2D eigenvalue weighted by Crippen LogP contribution is -2.52. The molecule has 2 rings (SSSR count). The summed E-state index contributed by atoms with van der Waals surface area (Å²) in [7, 11) is -11.1. The van der Waals surface area contributed by atoms with Gasteiger partial charge in [-0.3, -0.25) is 47.7 Å². The number of nitrogens with zero attached hydrogens (tertiary/aromatic N) is 2. The van der Waals surface area contributed by atoms with Gasteiger partial charge in [-0.1, -0.05) is 21.6 Å². The van der Waals surface area contributed by atoms with Crippen molar-refractivity contribution < 1.29 is 64.9 Å². The number of hydrogen-bond donors (Lipinski definition) is 4. The first-order chi connectivity index (χ1) is 15.5. The minimum atomic E-state index is -5.51. The van der Waals surface area contributed by atoms with E-state index in [4.69, 9.17) is 0 Å². The zero-order chi connectivity index (χ0) is 26.2. The molecule has 2 heterocycles. The summed E-state index contributed by atoms with van der Waals surface area (Å²) in [4.78, 5) is 72.2. The molecule has 0 spiro atoms. The van der Waals surface area contributed by atoms with Crippen LogP contribution in [-0.4, -0.2) is 103 Å². The molecule has 16 nitrogen and oxygen atoms in total. The second-order valence-corrected chi connectivity index (χ2v) is 12.4. The van der Waals surface area contributed by atoms with Crippen LogP contribution in [0.3, 0.4) is 0 Å². The fraction of sp³-hybridized carbons (Fsp3) is 0.571. The first-order valence-corrected chi connectivity index (χ1v) is 14.2. The zero-order valence-corrected chi connectivity index (χ0v) is 19.8. The molecule has 0 radical (unpaired) electrons. The van der Waals surface area contributed by atoms with Crippen LogP contribution in [0.4, 0.5) is 0 Å². The van der Waals surface area contributed by atoms with Gasteiger partial charge in [0.1, 0.15) is 10.7 Å². The lowest BCUT2D eigenvalue weighted by Gasteiger charge is -2.32. The lowest BCUT2D eigenvalue weighted by molar-refractivity contribution is -0.144. The number of amides is 4. The van der Waals surface area contributed by atoms with Gasteiger partial charge < -0.3 is 10.2 Å². The largest absolute Gasteiger partial charge is 0.480 e. The van der Waals surface area contributed by atoms with Crippen molar-refractivity contribution in [1.82, 2.24) is 9.80 Å². The number of carboxylic acid groups (broad SMARTS) is 2. The minimum absolute atomic E-state index is 0.0536. The second-order valence-electron chi connectivity index (χ2n) is 6.84. The van der Waals surface area contributed by atoms with Crippen molar-refractivity contribution in [2.75, 3.05) is 0 Å². The third-order valence-electron chi connectivity index (χ3n) is 4.59. The number of imide groups is 2. The fourth-order valence-corrected chi connectivity index (χ4v) is 9.23. The van der Waals surface area contributed by atoms with E-state index in [1.165, 1.54) is 0 Å². The van der Waals surface area contributed by atoms with Crippen LogP contribution in [0, 0.1) is 0 Å². The van der Waals surface area contributed by atoms with Crippen molar-refractivity contribution in [3.8, 4) is 0 Å². The topological polar surface area (TPSA) is 258 Å². The summed E-state index contributed by atoms with van der Waals surface area (Å²) < 4.78 is 65.8. The highest BCUT2D eigenvalue weighted by Crippen LogP contribution is 2.42. The summed E-state index contributed by atoms with van der Waals surface area (Å²) in [5.74, 6) is -8.63. The molecule has 190 valence electrons. The average Bonchev–Trinajstić information content (AvgIpc) is 3.15. The standard InChI is InChI=1S/C14H16N2O14S4/c17-5-1-2-6(18)15(5)11(9(13(21)22)33(25,26)27)31-32-12(10(14(23)24)34(28,29)30)16-7(19)3-4-8(16)20/h9-12H,1-4H2,(H,21,22)(H,23,24)(H,25,26,27)(H,28,29,30). The van der Waals surface area contributed by atoms with Crippen molar-refractivity contribution in [1.29, 1.82) is 0 Å². The van der Waals surface area contributed by atoms with E-state index < -0.39 is 103 Å².